The van der Waals surface area contributed by atoms with Gasteiger partial charge in [0.2, 0.25) is 5.69 Å². The predicted molar refractivity (Wildman–Crippen MR) is 68.5 cm³/mol. The zero-order valence-electron chi connectivity index (χ0n) is 9.44. The fourth-order valence-corrected chi connectivity index (χ4v) is 2.02. The van der Waals surface area contributed by atoms with E-state index in [2.05, 4.69) is 25.9 Å². The number of halogens is 1. The second-order valence-electron chi connectivity index (χ2n) is 3.82. The van der Waals surface area contributed by atoms with Gasteiger partial charge in [-0.2, -0.15) is 0 Å². The number of ether oxygens (including phenoxy) is 1. The van der Waals surface area contributed by atoms with Gasteiger partial charge in [0.25, 0.3) is 5.88 Å². The van der Waals surface area contributed by atoms with Crippen LogP contribution in [0.3, 0.4) is 0 Å². The lowest BCUT2D eigenvalue weighted by molar-refractivity contribution is 0.390. The van der Waals surface area contributed by atoms with E-state index in [0.717, 1.165) is 16.0 Å². The summed E-state index contributed by atoms with van der Waals surface area (Å²) in [5.41, 5.74) is 1.96. The Kier molecular flexibility index (Phi) is 2.82. The molecule has 16 heavy (non-hydrogen) atoms. The summed E-state index contributed by atoms with van der Waals surface area (Å²) in [6.45, 7) is 1.97. The predicted octanol–water partition coefficient (Wildman–Crippen LogP) is 2.69. The van der Waals surface area contributed by atoms with Crippen molar-refractivity contribution in [3.05, 3.63) is 28.6 Å². The molecule has 0 aromatic carbocycles. The summed E-state index contributed by atoms with van der Waals surface area (Å²) in [5, 5.41) is 0. The summed E-state index contributed by atoms with van der Waals surface area (Å²) >= 11 is 3.33. The molecule has 1 unspecified atom stereocenters. The molecular formula is C11H13BrN3O+. The molecule has 1 aromatic heterocycles. The molecule has 84 valence electrons. The van der Waals surface area contributed by atoms with Crippen LogP contribution in [0.5, 0.6) is 5.88 Å². The Morgan fingerprint density at radius 3 is 2.69 bits per heavy atom. The highest BCUT2D eigenvalue weighted by Crippen LogP contribution is 2.33. The van der Waals surface area contributed by atoms with E-state index in [1.165, 1.54) is 0 Å². The van der Waals surface area contributed by atoms with Crippen LogP contribution in [-0.4, -0.2) is 25.5 Å². The van der Waals surface area contributed by atoms with Crippen LogP contribution in [-0.2, 0) is 0 Å². The first-order chi connectivity index (χ1) is 7.55. The van der Waals surface area contributed by atoms with E-state index in [1.54, 1.807) is 7.11 Å². The first-order valence-electron chi connectivity index (χ1n) is 4.87. The van der Waals surface area contributed by atoms with Crippen molar-refractivity contribution in [2.24, 2.45) is 4.99 Å². The number of quaternary nitrogens is 1. The number of nitrogens with zero attached hydrogens (tertiary/aromatic N) is 3. The molecule has 0 amide bonds. The number of pyridine rings is 1. The average Bonchev–Trinajstić information content (AvgIpc) is 2.59. The van der Waals surface area contributed by atoms with Crippen LogP contribution in [0.4, 0.5) is 5.69 Å². The van der Waals surface area contributed by atoms with Gasteiger partial charge in [0.15, 0.2) is 6.34 Å². The molecule has 0 saturated heterocycles. The van der Waals surface area contributed by atoms with Crippen molar-refractivity contribution in [1.82, 2.24) is 9.47 Å². The highest BCUT2D eigenvalue weighted by Gasteiger charge is 2.30. The van der Waals surface area contributed by atoms with E-state index in [-0.39, 0.29) is 0 Å². The average molecular weight is 283 g/mol. The number of hydrogen-bond acceptors (Lipinski definition) is 3. The summed E-state index contributed by atoms with van der Waals surface area (Å²) in [7, 11) is 3.65. The summed E-state index contributed by atoms with van der Waals surface area (Å²) in [5.74, 6) is 0.606. The molecule has 1 aromatic rings. The quantitative estimate of drug-likeness (QED) is 0.618. The number of aromatic nitrogens is 1. The molecular weight excluding hydrogens is 270 g/mol. The molecule has 1 aliphatic heterocycles. The third kappa shape index (κ3) is 1.88. The van der Waals surface area contributed by atoms with E-state index >= 15 is 0 Å². The van der Waals surface area contributed by atoms with Gasteiger partial charge in [-0.1, -0.05) is 0 Å². The standard InChI is InChI=1S/C11H13BrN3O/c1-8-6-15(2,7-13-8)9-4-5-10(12)14-11(9)16-3/h4-7H,1-3H3/q+1. The van der Waals surface area contributed by atoms with Gasteiger partial charge in [-0.05, 0) is 28.9 Å². The highest BCUT2D eigenvalue weighted by atomic mass is 79.9. The minimum Gasteiger partial charge on any atom is -0.477 e. The molecule has 1 aliphatic rings. The van der Waals surface area contributed by atoms with Gasteiger partial charge in [0.1, 0.15) is 10.8 Å². The van der Waals surface area contributed by atoms with Crippen molar-refractivity contribution >= 4 is 28.0 Å². The Labute approximate surface area is 103 Å². The first-order valence-corrected chi connectivity index (χ1v) is 5.66. The van der Waals surface area contributed by atoms with Crippen molar-refractivity contribution in [1.29, 1.82) is 0 Å². The highest BCUT2D eigenvalue weighted by molar-refractivity contribution is 9.10. The second-order valence-corrected chi connectivity index (χ2v) is 4.64. The molecule has 0 bridgehead atoms. The van der Waals surface area contributed by atoms with Crippen LogP contribution in [0.25, 0.3) is 0 Å². The fourth-order valence-electron chi connectivity index (χ4n) is 1.72. The molecule has 2 heterocycles. The largest absolute Gasteiger partial charge is 0.477 e. The van der Waals surface area contributed by atoms with Gasteiger partial charge in [0.05, 0.1) is 19.9 Å². The normalized spacial score (nSPS) is 23.4. The lowest BCUT2D eigenvalue weighted by Crippen LogP contribution is -2.35. The summed E-state index contributed by atoms with van der Waals surface area (Å²) in [6.07, 6.45) is 3.91. The van der Waals surface area contributed by atoms with Gasteiger partial charge in [-0.25, -0.2) is 14.5 Å². The van der Waals surface area contributed by atoms with Crippen LogP contribution >= 0.6 is 15.9 Å². The first kappa shape index (κ1) is 11.3. The molecule has 5 heteroatoms. The zero-order valence-corrected chi connectivity index (χ0v) is 11.0. The molecule has 2 rings (SSSR count). The Balaban J connectivity index is 2.53. The van der Waals surface area contributed by atoms with Gasteiger partial charge < -0.3 is 4.74 Å². The van der Waals surface area contributed by atoms with Crippen LogP contribution in [0.15, 0.2) is 33.6 Å². The molecule has 4 nitrogen and oxygen atoms in total. The SMILES string of the molecule is COc1nc(Br)ccc1[N+]1(C)C=NC(C)=C1. The number of aliphatic imine (C=N–C) groups is 1. The Bertz CT molecular complexity index is 484. The number of methoxy groups -OCH3 is 1. The van der Waals surface area contributed by atoms with E-state index < -0.39 is 0 Å². The van der Waals surface area contributed by atoms with Gasteiger partial charge in [-0.3, -0.25) is 0 Å². The summed E-state index contributed by atoms with van der Waals surface area (Å²) in [6, 6.07) is 3.88. The maximum absolute atomic E-state index is 5.29. The Morgan fingerprint density at radius 1 is 1.38 bits per heavy atom. The number of hydrogen-bond donors (Lipinski definition) is 0. The Hall–Kier alpha value is -1.20. The molecule has 0 spiro atoms. The monoisotopic (exact) mass is 282 g/mol. The molecule has 0 radical (unpaired) electrons. The van der Waals surface area contributed by atoms with Crippen LogP contribution in [0.1, 0.15) is 6.92 Å². The summed E-state index contributed by atoms with van der Waals surface area (Å²) in [4.78, 5) is 8.57. The van der Waals surface area contributed by atoms with Crippen LogP contribution in [0.2, 0.25) is 0 Å². The van der Waals surface area contributed by atoms with E-state index in [9.17, 15) is 0 Å². The van der Waals surface area contributed by atoms with Crippen molar-refractivity contribution in [3.63, 3.8) is 0 Å². The molecule has 1 atom stereocenters. The zero-order chi connectivity index (χ0) is 11.8. The van der Waals surface area contributed by atoms with Gasteiger partial charge in [-0.15, -0.1) is 0 Å². The van der Waals surface area contributed by atoms with Gasteiger partial charge >= 0.3 is 0 Å². The maximum atomic E-state index is 5.29. The fraction of sp³-hybridized carbons (Fsp3) is 0.273. The molecule has 0 saturated carbocycles. The van der Waals surface area contributed by atoms with Crippen molar-refractivity contribution in [2.45, 2.75) is 6.92 Å². The molecule has 0 fully saturated rings. The Morgan fingerprint density at radius 2 is 2.12 bits per heavy atom. The van der Waals surface area contributed by atoms with E-state index in [0.29, 0.717) is 10.4 Å². The molecule has 0 aliphatic carbocycles. The number of rotatable bonds is 2. The van der Waals surface area contributed by atoms with Crippen LogP contribution in [0, 0.1) is 0 Å². The summed E-state index contributed by atoms with van der Waals surface area (Å²) < 4.78 is 6.53. The third-order valence-electron chi connectivity index (χ3n) is 2.47. The minimum atomic E-state index is 0.481. The van der Waals surface area contributed by atoms with Gasteiger partial charge in [0, 0.05) is 6.07 Å². The van der Waals surface area contributed by atoms with E-state index in [1.807, 2.05) is 38.6 Å². The third-order valence-corrected chi connectivity index (χ3v) is 2.92. The van der Waals surface area contributed by atoms with Crippen molar-refractivity contribution in [3.8, 4) is 5.88 Å². The smallest absolute Gasteiger partial charge is 0.278 e. The number of allylic oxidation sites excluding steroid dienone is 1. The lowest BCUT2D eigenvalue weighted by Gasteiger charge is -2.22. The topological polar surface area (TPSA) is 34.5 Å². The maximum Gasteiger partial charge on any atom is 0.278 e. The minimum absolute atomic E-state index is 0.481. The molecule has 0 N–H and O–H groups in total. The van der Waals surface area contributed by atoms with Crippen molar-refractivity contribution < 1.29 is 4.74 Å². The lowest BCUT2D eigenvalue weighted by atomic mass is 10.3. The van der Waals surface area contributed by atoms with E-state index in [4.69, 9.17) is 4.74 Å². The second kappa shape index (κ2) is 3.99. The van der Waals surface area contributed by atoms with Crippen LogP contribution < -0.4 is 9.22 Å². The van der Waals surface area contributed by atoms with Crippen molar-refractivity contribution in [2.75, 3.05) is 14.2 Å².